The van der Waals surface area contributed by atoms with Crippen LogP contribution in [0.5, 0.6) is 0 Å². The molecule has 0 unspecified atom stereocenters. The molecule has 1 N–H and O–H groups in total. The third-order valence-corrected chi connectivity index (χ3v) is 4.13. The Bertz CT molecular complexity index is 584. The quantitative estimate of drug-likeness (QED) is 0.811. The Morgan fingerprint density at radius 3 is 2.50 bits per heavy atom. The van der Waals surface area contributed by atoms with Crippen molar-refractivity contribution in [3.63, 3.8) is 0 Å². The lowest BCUT2D eigenvalue weighted by Crippen LogP contribution is -2.07. The van der Waals surface area contributed by atoms with Gasteiger partial charge >= 0.3 is 0 Å². The van der Waals surface area contributed by atoms with Crippen LogP contribution in [0, 0.1) is 13.8 Å². The summed E-state index contributed by atoms with van der Waals surface area (Å²) in [4.78, 5) is 10.1. The zero-order chi connectivity index (χ0) is 14.5. The second-order valence-electron chi connectivity index (χ2n) is 4.53. The molecule has 0 atom stereocenters. The van der Waals surface area contributed by atoms with Gasteiger partial charge in [0.05, 0.1) is 0 Å². The third-order valence-electron chi connectivity index (χ3n) is 2.78. The SMILES string of the molecule is CCCNc1nc(C)nc(Sc2ccc(Cl)cc2)c1C. The smallest absolute Gasteiger partial charge is 0.133 e. The summed E-state index contributed by atoms with van der Waals surface area (Å²) in [6.07, 6.45) is 1.07. The van der Waals surface area contributed by atoms with Gasteiger partial charge in [-0.3, -0.25) is 0 Å². The molecular weight excluding hydrogens is 290 g/mol. The van der Waals surface area contributed by atoms with Gasteiger partial charge in [-0.1, -0.05) is 30.3 Å². The zero-order valence-electron chi connectivity index (χ0n) is 11.9. The number of hydrogen-bond donors (Lipinski definition) is 1. The molecule has 20 heavy (non-hydrogen) atoms. The summed E-state index contributed by atoms with van der Waals surface area (Å²) in [6.45, 7) is 7.03. The molecule has 1 aromatic carbocycles. The molecule has 0 saturated heterocycles. The van der Waals surface area contributed by atoms with E-state index < -0.39 is 0 Å². The molecule has 1 heterocycles. The van der Waals surface area contributed by atoms with Gasteiger partial charge < -0.3 is 5.32 Å². The van der Waals surface area contributed by atoms with Crippen molar-refractivity contribution in [1.29, 1.82) is 0 Å². The first-order valence-electron chi connectivity index (χ1n) is 6.62. The molecule has 1 aromatic heterocycles. The Labute approximate surface area is 129 Å². The minimum absolute atomic E-state index is 0.746. The molecule has 0 amide bonds. The lowest BCUT2D eigenvalue weighted by molar-refractivity contribution is 0.908. The molecule has 5 heteroatoms. The molecule has 2 aromatic rings. The maximum atomic E-state index is 5.91. The number of rotatable bonds is 5. The molecule has 0 spiro atoms. The Morgan fingerprint density at radius 2 is 1.85 bits per heavy atom. The van der Waals surface area contributed by atoms with Gasteiger partial charge in [0.25, 0.3) is 0 Å². The number of anilines is 1. The van der Waals surface area contributed by atoms with E-state index in [2.05, 4.69) is 29.1 Å². The number of hydrogen-bond acceptors (Lipinski definition) is 4. The highest BCUT2D eigenvalue weighted by molar-refractivity contribution is 7.99. The van der Waals surface area contributed by atoms with Crippen LogP contribution in [-0.2, 0) is 0 Å². The molecule has 0 saturated carbocycles. The number of nitrogens with zero attached hydrogens (tertiary/aromatic N) is 2. The summed E-state index contributed by atoms with van der Waals surface area (Å²) in [5.74, 6) is 1.71. The summed E-state index contributed by atoms with van der Waals surface area (Å²) in [6, 6.07) is 7.79. The van der Waals surface area contributed by atoms with Gasteiger partial charge in [0.15, 0.2) is 0 Å². The van der Waals surface area contributed by atoms with Gasteiger partial charge in [-0.15, -0.1) is 0 Å². The molecular formula is C15H18ClN3S. The minimum atomic E-state index is 0.746. The minimum Gasteiger partial charge on any atom is -0.370 e. The first kappa shape index (κ1) is 15.1. The van der Waals surface area contributed by atoms with Crippen LogP contribution in [0.2, 0.25) is 5.02 Å². The van der Waals surface area contributed by atoms with Crippen molar-refractivity contribution in [2.45, 2.75) is 37.1 Å². The molecule has 0 aliphatic carbocycles. The van der Waals surface area contributed by atoms with Gasteiger partial charge in [0.2, 0.25) is 0 Å². The van der Waals surface area contributed by atoms with E-state index in [-0.39, 0.29) is 0 Å². The van der Waals surface area contributed by atoms with Gasteiger partial charge in [-0.25, -0.2) is 9.97 Å². The molecule has 2 rings (SSSR count). The fraction of sp³-hybridized carbons (Fsp3) is 0.333. The molecule has 0 aliphatic heterocycles. The van der Waals surface area contributed by atoms with E-state index in [1.54, 1.807) is 11.8 Å². The Morgan fingerprint density at radius 1 is 1.15 bits per heavy atom. The zero-order valence-corrected chi connectivity index (χ0v) is 13.5. The second-order valence-corrected chi connectivity index (χ2v) is 6.03. The summed E-state index contributed by atoms with van der Waals surface area (Å²) in [5.41, 5.74) is 1.09. The highest BCUT2D eigenvalue weighted by Gasteiger charge is 2.10. The molecule has 0 bridgehead atoms. The van der Waals surface area contributed by atoms with Gasteiger partial charge in [0, 0.05) is 22.0 Å². The normalized spacial score (nSPS) is 10.6. The van der Waals surface area contributed by atoms with Crippen LogP contribution in [0.3, 0.4) is 0 Å². The van der Waals surface area contributed by atoms with Crippen molar-refractivity contribution >= 4 is 29.2 Å². The number of aryl methyl sites for hydroxylation is 1. The van der Waals surface area contributed by atoms with E-state index in [0.717, 1.165) is 45.1 Å². The van der Waals surface area contributed by atoms with E-state index in [0.29, 0.717) is 0 Å². The molecule has 0 fully saturated rings. The van der Waals surface area contributed by atoms with Crippen LogP contribution >= 0.6 is 23.4 Å². The van der Waals surface area contributed by atoms with E-state index >= 15 is 0 Å². The van der Waals surface area contributed by atoms with Gasteiger partial charge in [-0.2, -0.15) is 0 Å². The lowest BCUT2D eigenvalue weighted by Gasteiger charge is -2.12. The average Bonchev–Trinajstić information content (AvgIpc) is 2.43. The van der Waals surface area contributed by atoms with Crippen LogP contribution in [0.15, 0.2) is 34.2 Å². The monoisotopic (exact) mass is 307 g/mol. The first-order chi connectivity index (χ1) is 9.60. The summed E-state index contributed by atoms with van der Waals surface area (Å²) in [5, 5.41) is 5.08. The molecule has 106 valence electrons. The average molecular weight is 308 g/mol. The maximum absolute atomic E-state index is 5.91. The number of benzene rings is 1. The fourth-order valence-electron chi connectivity index (χ4n) is 1.73. The van der Waals surface area contributed by atoms with E-state index in [4.69, 9.17) is 11.6 Å². The van der Waals surface area contributed by atoms with Crippen molar-refractivity contribution in [2.24, 2.45) is 0 Å². The number of halogens is 1. The van der Waals surface area contributed by atoms with Crippen molar-refractivity contribution in [2.75, 3.05) is 11.9 Å². The van der Waals surface area contributed by atoms with Crippen LogP contribution in [-0.4, -0.2) is 16.5 Å². The largest absolute Gasteiger partial charge is 0.370 e. The Kier molecular flexibility index (Phi) is 5.26. The van der Waals surface area contributed by atoms with Crippen molar-refractivity contribution in [3.05, 3.63) is 40.7 Å². The van der Waals surface area contributed by atoms with Crippen LogP contribution in [0.4, 0.5) is 5.82 Å². The second kappa shape index (κ2) is 6.95. The van der Waals surface area contributed by atoms with Crippen molar-refractivity contribution < 1.29 is 0 Å². The third kappa shape index (κ3) is 3.87. The van der Waals surface area contributed by atoms with Gasteiger partial charge in [-0.05, 0) is 44.5 Å². The Balaban J connectivity index is 2.26. The summed E-state index contributed by atoms with van der Waals surface area (Å²) < 4.78 is 0. The fourth-order valence-corrected chi connectivity index (χ4v) is 2.78. The van der Waals surface area contributed by atoms with Crippen LogP contribution < -0.4 is 5.32 Å². The van der Waals surface area contributed by atoms with E-state index in [9.17, 15) is 0 Å². The standard InChI is InChI=1S/C15H18ClN3S/c1-4-9-17-14-10(2)15(19-11(3)18-14)20-13-7-5-12(16)6-8-13/h5-8H,4,9H2,1-3H3,(H,17,18,19). The van der Waals surface area contributed by atoms with Crippen LogP contribution in [0.1, 0.15) is 24.7 Å². The molecule has 0 aliphatic rings. The van der Waals surface area contributed by atoms with E-state index in [1.165, 1.54) is 0 Å². The lowest BCUT2D eigenvalue weighted by atomic mass is 10.3. The van der Waals surface area contributed by atoms with Crippen molar-refractivity contribution in [3.8, 4) is 0 Å². The Hall–Kier alpha value is -1.26. The van der Waals surface area contributed by atoms with E-state index in [1.807, 2.05) is 31.2 Å². The number of aromatic nitrogens is 2. The molecule has 3 nitrogen and oxygen atoms in total. The summed E-state index contributed by atoms with van der Waals surface area (Å²) in [7, 11) is 0. The summed E-state index contributed by atoms with van der Waals surface area (Å²) >= 11 is 7.54. The highest BCUT2D eigenvalue weighted by Crippen LogP contribution is 2.31. The van der Waals surface area contributed by atoms with Crippen molar-refractivity contribution in [1.82, 2.24) is 9.97 Å². The topological polar surface area (TPSA) is 37.8 Å². The highest BCUT2D eigenvalue weighted by atomic mass is 35.5. The molecule has 0 radical (unpaired) electrons. The van der Waals surface area contributed by atoms with Gasteiger partial charge in [0.1, 0.15) is 16.7 Å². The van der Waals surface area contributed by atoms with Crippen LogP contribution in [0.25, 0.3) is 0 Å². The maximum Gasteiger partial charge on any atom is 0.133 e. The number of nitrogens with one attached hydrogen (secondary N) is 1. The first-order valence-corrected chi connectivity index (χ1v) is 7.82. The predicted octanol–water partition coefficient (Wildman–Crippen LogP) is 4.72. The predicted molar refractivity (Wildman–Crippen MR) is 85.9 cm³/mol.